The number of nitrogen functional groups attached to an aromatic ring is 1. The zero-order chi connectivity index (χ0) is 14.8. The minimum absolute atomic E-state index is 0.0415. The molecule has 1 saturated carbocycles. The van der Waals surface area contributed by atoms with Crippen LogP contribution in [0, 0.1) is 5.41 Å². The predicted octanol–water partition coefficient (Wildman–Crippen LogP) is 0.718. The van der Waals surface area contributed by atoms with Crippen molar-refractivity contribution in [2.45, 2.75) is 24.2 Å². The molecular formula is C13H20N2O4S. The quantitative estimate of drug-likeness (QED) is 0.644. The Kier molecular flexibility index (Phi) is 4.22. The molecule has 4 N–H and O–H groups in total. The molecular weight excluding hydrogens is 280 g/mol. The van der Waals surface area contributed by atoms with Gasteiger partial charge < -0.3 is 15.6 Å². The molecule has 0 spiro atoms. The Morgan fingerprint density at radius 1 is 1.45 bits per heavy atom. The van der Waals surface area contributed by atoms with E-state index < -0.39 is 10.0 Å². The topological polar surface area (TPSA) is 102 Å². The first-order chi connectivity index (χ1) is 9.42. The summed E-state index contributed by atoms with van der Waals surface area (Å²) < 4.78 is 32.3. The van der Waals surface area contributed by atoms with E-state index in [2.05, 4.69) is 4.72 Å². The Morgan fingerprint density at radius 3 is 2.70 bits per heavy atom. The van der Waals surface area contributed by atoms with Gasteiger partial charge in [-0.05, 0) is 42.9 Å². The summed E-state index contributed by atoms with van der Waals surface area (Å²) >= 11 is 0. The van der Waals surface area contributed by atoms with Gasteiger partial charge in [-0.1, -0.05) is 0 Å². The lowest BCUT2D eigenvalue weighted by Crippen LogP contribution is -2.31. The Bertz CT molecular complexity index is 582. The van der Waals surface area contributed by atoms with Crippen molar-refractivity contribution in [3.8, 4) is 5.75 Å². The SMILES string of the molecule is COc1ccc(N)cc1S(=O)(=O)NCC1(CCO)CC1. The van der Waals surface area contributed by atoms with Crippen molar-refractivity contribution in [1.29, 1.82) is 0 Å². The van der Waals surface area contributed by atoms with Crippen molar-refractivity contribution in [3.05, 3.63) is 18.2 Å². The highest BCUT2D eigenvalue weighted by molar-refractivity contribution is 7.89. The van der Waals surface area contributed by atoms with Crippen LogP contribution in [0.1, 0.15) is 19.3 Å². The van der Waals surface area contributed by atoms with Crippen LogP contribution in [0.2, 0.25) is 0 Å². The van der Waals surface area contributed by atoms with E-state index in [1.54, 1.807) is 6.07 Å². The first-order valence-corrected chi connectivity index (χ1v) is 7.95. The highest BCUT2D eigenvalue weighted by Crippen LogP contribution is 2.48. The molecule has 1 aliphatic rings. The molecule has 0 saturated heterocycles. The van der Waals surface area contributed by atoms with Gasteiger partial charge in [0, 0.05) is 18.8 Å². The lowest BCUT2D eigenvalue weighted by molar-refractivity contribution is 0.249. The molecule has 0 aliphatic heterocycles. The second-order valence-corrected chi connectivity index (χ2v) is 6.94. The van der Waals surface area contributed by atoms with Crippen molar-refractivity contribution in [1.82, 2.24) is 4.72 Å². The van der Waals surface area contributed by atoms with Crippen LogP contribution in [0.4, 0.5) is 5.69 Å². The molecule has 1 fully saturated rings. The maximum absolute atomic E-state index is 12.3. The van der Waals surface area contributed by atoms with Gasteiger partial charge in [-0.25, -0.2) is 13.1 Å². The van der Waals surface area contributed by atoms with Gasteiger partial charge in [0.05, 0.1) is 7.11 Å². The molecule has 0 aromatic heterocycles. The maximum Gasteiger partial charge on any atom is 0.244 e. The number of benzene rings is 1. The van der Waals surface area contributed by atoms with Crippen LogP contribution in [0.5, 0.6) is 5.75 Å². The molecule has 0 unspecified atom stereocenters. The molecule has 0 heterocycles. The number of rotatable bonds is 7. The summed E-state index contributed by atoms with van der Waals surface area (Å²) in [7, 11) is -2.26. The fourth-order valence-electron chi connectivity index (χ4n) is 2.16. The number of ether oxygens (including phenoxy) is 1. The number of sulfonamides is 1. The normalized spacial score (nSPS) is 16.9. The smallest absolute Gasteiger partial charge is 0.244 e. The molecule has 0 amide bonds. The van der Waals surface area contributed by atoms with E-state index in [1.807, 2.05) is 0 Å². The average Bonchev–Trinajstić information content (AvgIpc) is 3.17. The van der Waals surface area contributed by atoms with Crippen LogP contribution in [0.3, 0.4) is 0 Å². The predicted molar refractivity (Wildman–Crippen MR) is 76.0 cm³/mol. The Balaban J connectivity index is 2.16. The Labute approximate surface area is 119 Å². The fourth-order valence-corrected chi connectivity index (χ4v) is 3.52. The van der Waals surface area contributed by atoms with Crippen molar-refractivity contribution in [2.75, 3.05) is 26.0 Å². The van der Waals surface area contributed by atoms with Gasteiger partial charge in [0.2, 0.25) is 10.0 Å². The minimum Gasteiger partial charge on any atom is -0.495 e. The number of aliphatic hydroxyl groups excluding tert-OH is 1. The number of nitrogens with two attached hydrogens (primary N) is 1. The van der Waals surface area contributed by atoms with E-state index in [4.69, 9.17) is 15.6 Å². The lowest BCUT2D eigenvalue weighted by Gasteiger charge is -2.16. The van der Waals surface area contributed by atoms with Gasteiger partial charge in [0.25, 0.3) is 0 Å². The van der Waals surface area contributed by atoms with Crippen LogP contribution in [-0.2, 0) is 10.0 Å². The molecule has 1 aromatic carbocycles. The van der Waals surface area contributed by atoms with Gasteiger partial charge in [0.1, 0.15) is 10.6 Å². The summed E-state index contributed by atoms with van der Waals surface area (Å²) in [5.41, 5.74) is 5.92. The van der Waals surface area contributed by atoms with E-state index in [9.17, 15) is 8.42 Å². The van der Waals surface area contributed by atoms with E-state index in [-0.39, 0.29) is 22.7 Å². The lowest BCUT2D eigenvalue weighted by atomic mass is 10.0. The van der Waals surface area contributed by atoms with Crippen LogP contribution < -0.4 is 15.2 Å². The van der Waals surface area contributed by atoms with E-state index in [1.165, 1.54) is 19.2 Å². The standard InChI is InChI=1S/C13H20N2O4S/c1-19-11-3-2-10(14)8-12(11)20(17,18)15-9-13(4-5-13)6-7-16/h2-3,8,15-16H,4-7,9,14H2,1H3. The third kappa shape index (κ3) is 3.23. The first-order valence-electron chi connectivity index (χ1n) is 6.46. The number of methoxy groups -OCH3 is 1. The Morgan fingerprint density at radius 2 is 2.15 bits per heavy atom. The number of nitrogens with one attached hydrogen (secondary N) is 1. The highest BCUT2D eigenvalue weighted by atomic mass is 32.2. The molecule has 0 bridgehead atoms. The molecule has 20 heavy (non-hydrogen) atoms. The average molecular weight is 300 g/mol. The molecule has 1 aliphatic carbocycles. The second-order valence-electron chi connectivity index (χ2n) is 5.21. The number of hydrogen-bond donors (Lipinski definition) is 3. The molecule has 1 aromatic rings. The largest absolute Gasteiger partial charge is 0.495 e. The third-order valence-corrected chi connectivity index (χ3v) is 5.14. The first kappa shape index (κ1) is 15.1. The molecule has 2 rings (SSSR count). The van der Waals surface area contributed by atoms with Crippen LogP contribution in [0.25, 0.3) is 0 Å². The van der Waals surface area contributed by atoms with Gasteiger partial charge in [-0.3, -0.25) is 0 Å². The molecule has 6 nitrogen and oxygen atoms in total. The fraction of sp³-hybridized carbons (Fsp3) is 0.538. The Hall–Kier alpha value is -1.31. The van der Waals surface area contributed by atoms with E-state index in [0.29, 0.717) is 18.7 Å². The summed E-state index contributed by atoms with van der Waals surface area (Å²) in [6.07, 6.45) is 2.48. The van der Waals surface area contributed by atoms with E-state index >= 15 is 0 Å². The van der Waals surface area contributed by atoms with Crippen LogP contribution in [-0.4, -0.2) is 33.8 Å². The van der Waals surface area contributed by atoms with E-state index in [0.717, 1.165) is 12.8 Å². The van der Waals surface area contributed by atoms with Crippen molar-refractivity contribution in [3.63, 3.8) is 0 Å². The summed E-state index contributed by atoms with van der Waals surface area (Å²) in [6.45, 7) is 0.400. The number of anilines is 1. The van der Waals surface area contributed by atoms with Crippen molar-refractivity contribution >= 4 is 15.7 Å². The van der Waals surface area contributed by atoms with Gasteiger partial charge in [-0.15, -0.1) is 0 Å². The summed E-state index contributed by atoms with van der Waals surface area (Å²) in [4.78, 5) is 0.0415. The maximum atomic E-state index is 12.3. The highest BCUT2D eigenvalue weighted by Gasteiger charge is 2.42. The summed E-state index contributed by atoms with van der Waals surface area (Å²) in [6, 6.07) is 4.50. The van der Waals surface area contributed by atoms with Crippen molar-refractivity contribution < 1.29 is 18.3 Å². The number of hydrogen-bond acceptors (Lipinski definition) is 5. The summed E-state index contributed by atoms with van der Waals surface area (Å²) in [5.74, 6) is 0.263. The zero-order valence-electron chi connectivity index (χ0n) is 11.4. The molecule has 7 heteroatoms. The van der Waals surface area contributed by atoms with Crippen LogP contribution >= 0.6 is 0 Å². The molecule has 112 valence electrons. The summed E-state index contributed by atoms with van der Waals surface area (Å²) in [5, 5.41) is 8.99. The molecule has 0 radical (unpaired) electrons. The third-order valence-electron chi connectivity index (χ3n) is 3.71. The van der Waals surface area contributed by atoms with Crippen molar-refractivity contribution in [2.24, 2.45) is 5.41 Å². The van der Waals surface area contributed by atoms with Gasteiger partial charge in [-0.2, -0.15) is 0 Å². The van der Waals surface area contributed by atoms with Gasteiger partial charge >= 0.3 is 0 Å². The van der Waals surface area contributed by atoms with Gasteiger partial charge in [0.15, 0.2) is 0 Å². The molecule has 0 atom stereocenters. The zero-order valence-corrected chi connectivity index (χ0v) is 12.2. The number of aliphatic hydroxyl groups is 1. The van der Waals surface area contributed by atoms with Crippen LogP contribution in [0.15, 0.2) is 23.1 Å². The minimum atomic E-state index is -3.67. The monoisotopic (exact) mass is 300 g/mol. The second kappa shape index (κ2) is 5.59.